The molecule has 0 aliphatic rings. The van der Waals surface area contributed by atoms with Crippen molar-refractivity contribution in [2.75, 3.05) is 0 Å². The van der Waals surface area contributed by atoms with E-state index in [0.717, 1.165) is 25.5 Å². The van der Waals surface area contributed by atoms with Crippen molar-refractivity contribution in [1.82, 2.24) is 0 Å². The number of allylic oxidation sites excluding steroid dienone is 3. The van der Waals surface area contributed by atoms with Crippen LogP contribution in [0.2, 0.25) is 0 Å². The molecule has 0 unspecified atom stereocenters. The van der Waals surface area contributed by atoms with Crippen LogP contribution >= 0.6 is 0 Å². The summed E-state index contributed by atoms with van der Waals surface area (Å²) in [5.74, 6) is 0. The normalized spacial score (nSPS) is 11.8. The second-order valence-corrected chi connectivity index (χ2v) is 2.92. The number of unbranched alkanes of at least 4 members (excludes halogenated alkanes) is 4. The van der Waals surface area contributed by atoms with E-state index >= 15 is 0 Å². The Labute approximate surface area is 75.8 Å². The smallest absolute Gasteiger partial charge is 0.138 e. The van der Waals surface area contributed by atoms with E-state index in [4.69, 9.17) is 0 Å². The lowest BCUT2D eigenvalue weighted by Gasteiger charge is -1.91. The molecule has 1 heteroatoms. The van der Waals surface area contributed by atoms with E-state index in [1.165, 1.54) is 19.3 Å². The van der Waals surface area contributed by atoms with Crippen molar-refractivity contribution >= 4 is 0 Å². The largest absolute Gasteiger partial charge is 0.299 e. The van der Waals surface area contributed by atoms with Crippen molar-refractivity contribution in [1.29, 1.82) is 0 Å². The highest BCUT2D eigenvalue weighted by Crippen LogP contribution is 2.02. The van der Waals surface area contributed by atoms with Gasteiger partial charge in [0.05, 0.1) is 0 Å². The maximum atomic E-state index is 9.91. The molecule has 0 amide bonds. The summed E-state index contributed by atoms with van der Waals surface area (Å²) in [4.78, 5) is 0. The van der Waals surface area contributed by atoms with Gasteiger partial charge < -0.3 is 0 Å². The molecule has 0 saturated carbocycles. The Bertz CT molecular complexity index is 125. The molecule has 0 spiro atoms. The van der Waals surface area contributed by atoms with Crippen LogP contribution < -0.4 is 0 Å². The number of hydrogen-bond donors (Lipinski definition) is 0. The van der Waals surface area contributed by atoms with Gasteiger partial charge in [-0.1, -0.05) is 25.5 Å². The Kier molecular flexibility index (Phi) is 9.66. The molecule has 0 fully saturated rings. The molecule has 1 radical (unpaired) electrons. The Hall–Kier alpha value is -0.720. The third-order valence-electron chi connectivity index (χ3n) is 1.71. The van der Waals surface area contributed by atoms with Crippen molar-refractivity contribution < 1.29 is 5.11 Å². The summed E-state index contributed by atoms with van der Waals surface area (Å²) in [5.41, 5.74) is 0. The Balaban J connectivity index is 2.99. The average molecular weight is 167 g/mol. The van der Waals surface area contributed by atoms with Crippen LogP contribution in [-0.2, 0) is 5.11 Å². The van der Waals surface area contributed by atoms with Crippen LogP contribution in [0.1, 0.15) is 45.4 Å². The highest BCUT2D eigenvalue weighted by molar-refractivity contribution is 4.81. The van der Waals surface area contributed by atoms with Crippen LogP contribution in [0.15, 0.2) is 24.5 Å². The van der Waals surface area contributed by atoms with E-state index in [2.05, 4.69) is 19.1 Å². The molecule has 0 N–H and O–H groups in total. The molecule has 0 atom stereocenters. The summed E-state index contributed by atoms with van der Waals surface area (Å²) >= 11 is 0. The lowest BCUT2D eigenvalue weighted by Crippen LogP contribution is -1.72. The van der Waals surface area contributed by atoms with Gasteiger partial charge in [0.15, 0.2) is 0 Å². The van der Waals surface area contributed by atoms with Gasteiger partial charge in [0.1, 0.15) is 6.26 Å². The van der Waals surface area contributed by atoms with Gasteiger partial charge in [0.25, 0.3) is 0 Å². The van der Waals surface area contributed by atoms with Gasteiger partial charge in [-0.25, -0.2) is 0 Å². The third-order valence-corrected chi connectivity index (χ3v) is 1.71. The van der Waals surface area contributed by atoms with Gasteiger partial charge in [-0.15, -0.1) is 0 Å². The summed E-state index contributed by atoms with van der Waals surface area (Å²) in [5, 5.41) is 9.91. The van der Waals surface area contributed by atoms with Crippen molar-refractivity contribution in [3.63, 3.8) is 0 Å². The van der Waals surface area contributed by atoms with Gasteiger partial charge in [-0.05, 0) is 38.2 Å². The van der Waals surface area contributed by atoms with Gasteiger partial charge >= 0.3 is 0 Å². The molecule has 69 valence electrons. The first-order chi connectivity index (χ1) is 5.91. The molecule has 1 nitrogen and oxygen atoms in total. The van der Waals surface area contributed by atoms with E-state index in [1.54, 1.807) is 6.08 Å². The van der Waals surface area contributed by atoms with E-state index in [1.807, 2.05) is 0 Å². The molecule has 0 saturated heterocycles. The molecular weight excluding hydrogens is 148 g/mol. The van der Waals surface area contributed by atoms with Gasteiger partial charge in [0.2, 0.25) is 0 Å². The summed E-state index contributed by atoms with van der Waals surface area (Å²) in [6.45, 7) is 2.18. The Morgan fingerprint density at radius 2 is 1.50 bits per heavy atom. The maximum absolute atomic E-state index is 9.91. The Morgan fingerprint density at radius 1 is 0.917 bits per heavy atom. The van der Waals surface area contributed by atoms with E-state index in [-0.39, 0.29) is 0 Å². The van der Waals surface area contributed by atoms with Crippen LogP contribution in [-0.4, -0.2) is 0 Å². The average Bonchev–Trinajstić information content (AvgIpc) is 2.10. The molecule has 0 aromatic carbocycles. The molecule has 0 heterocycles. The van der Waals surface area contributed by atoms with Crippen LogP contribution in [0.4, 0.5) is 0 Å². The fourth-order valence-electron chi connectivity index (χ4n) is 0.995. The Morgan fingerprint density at radius 3 is 2.08 bits per heavy atom. The predicted octanol–water partition coefficient (Wildman–Crippen LogP) is 3.85. The van der Waals surface area contributed by atoms with Crippen molar-refractivity contribution in [3.8, 4) is 0 Å². The SMILES string of the molecule is CCC/C=C/CCCC/C=C/[O]. The molecule has 0 aliphatic carbocycles. The van der Waals surface area contributed by atoms with E-state index < -0.39 is 0 Å². The van der Waals surface area contributed by atoms with Crippen molar-refractivity contribution in [2.24, 2.45) is 0 Å². The summed E-state index contributed by atoms with van der Waals surface area (Å²) in [7, 11) is 0. The van der Waals surface area contributed by atoms with Gasteiger partial charge in [-0.3, -0.25) is 5.11 Å². The van der Waals surface area contributed by atoms with Crippen LogP contribution in [0, 0.1) is 0 Å². The minimum atomic E-state index is 0.882. The lowest BCUT2D eigenvalue weighted by molar-refractivity contribution is 0.349. The molecule has 12 heavy (non-hydrogen) atoms. The summed E-state index contributed by atoms with van der Waals surface area (Å²) in [6.07, 6.45) is 13.9. The van der Waals surface area contributed by atoms with Gasteiger partial charge in [-0.2, -0.15) is 0 Å². The number of hydrogen-bond acceptors (Lipinski definition) is 0. The fourth-order valence-corrected chi connectivity index (χ4v) is 0.995. The zero-order valence-electron chi connectivity index (χ0n) is 7.96. The lowest BCUT2D eigenvalue weighted by atomic mass is 10.2. The van der Waals surface area contributed by atoms with E-state index in [9.17, 15) is 5.11 Å². The first kappa shape index (κ1) is 11.3. The zero-order chi connectivity index (χ0) is 9.07. The van der Waals surface area contributed by atoms with Crippen molar-refractivity contribution in [3.05, 3.63) is 24.5 Å². The first-order valence-corrected chi connectivity index (χ1v) is 4.83. The standard InChI is InChI=1S/C11H19O/c1-2-3-4-5-6-7-8-9-10-11-12/h4-5,10-11H,2-3,6-9H2,1H3/b5-4+,11-10+. The maximum Gasteiger partial charge on any atom is 0.138 e. The minimum Gasteiger partial charge on any atom is -0.299 e. The van der Waals surface area contributed by atoms with Crippen LogP contribution in [0.5, 0.6) is 0 Å². The first-order valence-electron chi connectivity index (χ1n) is 4.83. The zero-order valence-corrected chi connectivity index (χ0v) is 7.96. The summed E-state index contributed by atoms with van der Waals surface area (Å²) < 4.78 is 0. The number of rotatable bonds is 7. The van der Waals surface area contributed by atoms with Gasteiger partial charge in [0, 0.05) is 0 Å². The molecule has 0 aliphatic heterocycles. The monoisotopic (exact) mass is 167 g/mol. The molecule has 0 aromatic heterocycles. The quantitative estimate of drug-likeness (QED) is 0.312. The molecule has 0 aromatic rings. The summed E-state index contributed by atoms with van der Waals surface area (Å²) in [6, 6.07) is 0. The molecule has 0 rings (SSSR count). The van der Waals surface area contributed by atoms with E-state index in [0.29, 0.717) is 0 Å². The topological polar surface area (TPSA) is 19.9 Å². The molecule has 0 bridgehead atoms. The second-order valence-electron chi connectivity index (χ2n) is 2.92. The van der Waals surface area contributed by atoms with Crippen LogP contribution in [0.25, 0.3) is 0 Å². The van der Waals surface area contributed by atoms with Crippen LogP contribution in [0.3, 0.4) is 0 Å². The third kappa shape index (κ3) is 9.28. The van der Waals surface area contributed by atoms with Crippen molar-refractivity contribution in [2.45, 2.75) is 45.4 Å². The molecular formula is C11H19O. The second kappa shape index (κ2) is 10.3. The fraction of sp³-hybridized carbons (Fsp3) is 0.636. The highest BCUT2D eigenvalue weighted by atomic mass is 16.2. The minimum absolute atomic E-state index is 0.882. The predicted molar refractivity (Wildman–Crippen MR) is 52.3 cm³/mol. The highest BCUT2D eigenvalue weighted by Gasteiger charge is 1.83.